The highest BCUT2D eigenvalue weighted by atomic mass is 16.4. The van der Waals surface area contributed by atoms with Crippen molar-refractivity contribution in [2.24, 2.45) is 22.7 Å². The van der Waals surface area contributed by atoms with E-state index in [0.717, 1.165) is 44.9 Å². The molecular formula is C17H26O3. The maximum Gasteiger partial charge on any atom is 0.309 e. The number of carboxylic acid groups (broad SMARTS) is 1. The second kappa shape index (κ2) is 4.59. The normalized spacial score (nSPS) is 48.0. The van der Waals surface area contributed by atoms with E-state index in [4.69, 9.17) is 0 Å². The van der Waals surface area contributed by atoms with Gasteiger partial charge >= 0.3 is 5.97 Å². The SMILES string of the molecule is C[C@]12CCC[C@@](C)(C(=O)O)[C@@H]1CCC1=C[C@H](O)CC[C@H]12. The molecule has 3 rings (SSSR count). The summed E-state index contributed by atoms with van der Waals surface area (Å²) in [6, 6.07) is 0. The van der Waals surface area contributed by atoms with E-state index in [1.54, 1.807) is 0 Å². The second-order valence-electron chi connectivity index (χ2n) is 7.61. The molecule has 3 aliphatic rings. The molecule has 0 aromatic rings. The van der Waals surface area contributed by atoms with Crippen molar-refractivity contribution in [1.82, 2.24) is 0 Å². The van der Waals surface area contributed by atoms with Crippen molar-refractivity contribution in [2.45, 2.75) is 64.9 Å². The van der Waals surface area contributed by atoms with E-state index >= 15 is 0 Å². The zero-order valence-electron chi connectivity index (χ0n) is 12.6. The van der Waals surface area contributed by atoms with Crippen molar-refractivity contribution in [1.29, 1.82) is 0 Å². The standard InChI is InChI=1S/C17H26O3/c1-16-8-3-9-17(2,15(19)20)14(16)7-4-11-10-12(18)5-6-13(11)16/h10,12-14,18H,3-9H2,1-2H3,(H,19,20)/t12-,13-,14-,16-,17-/m1/s1. The van der Waals surface area contributed by atoms with Gasteiger partial charge < -0.3 is 10.2 Å². The van der Waals surface area contributed by atoms with Crippen LogP contribution in [0.1, 0.15) is 58.8 Å². The number of aliphatic carboxylic acids is 1. The maximum absolute atomic E-state index is 11.8. The fourth-order valence-electron chi connectivity index (χ4n) is 5.53. The van der Waals surface area contributed by atoms with Crippen LogP contribution in [0, 0.1) is 22.7 Å². The zero-order valence-corrected chi connectivity index (χ0v) is 12.6. The molecule has 0 amide bonds. The van der Waals surface area contributed by atoms with E-state index in [-0.39, 0.29) is 17.4 Å². The van der Waals surface area contributed by atoms with Crippen LogP contribution in [0.4, 0.5) is 0 Å². The minimum absolute atomic E-state index is 0.107. The molecular weight excluding hydrogens is 252 g/mol. The summed E-state index contributed by atoms with van der Waals surface area (Å²) in [5.74, 6) is 0.152. The molecule has 112 valence electrons. The Bertz CT molecular complexity index is 455. The molecule has 0 unspecified atom stereocenters. The maximum atomic E-state index is 11.8. The zero-order chi connectivity index (χ0) is 14.5. The van der Waals surface area contributed by atoms with Crippen LogP contribution in [-0.4, -0.2) is 22.3 Å². The minimum atomic E-state index is -0.614. The van der Waals surface area contributed by atoms with Gasteiger partial charge in [0, 0.05) is 0 Å². The smallest absolute Gasteiger partial charge is 0.309 e. The van der Waals surface area contributed by atoms with E-state index in [0.29, 0.717) is 5.92 Å². The van der Waals surface area contributed by atoms with Gasteiger partial charge in [-0.2, -0.15) is 0 Å². The van der Waals surface area contributed by atoms with Crippen molar-refractivity contribution in [3.8, 4) is 0 Å². The molecule has 2 N–H and O–H groups in total. The second-order valence-corrected chi connectivity index (χ2v) is 7.61. The van der Waals surface area contributed by atoms with Gasteiger partial charge in [-0.05, 0) is 62.7 Å². The van der Waals surface area contributed by atoms with Crippen LogP contribution < -0.4 is 0 Å². The first-order valence-corrected chi connectivity index (χ1v) is 8.00. The van der Waals surface area contributed by atoms with E-state index in [1.807, 2.05) is 6.92 Å². The highest BCUT2D eigenvalue weighted by molar-refractivity contribution is 5.75. The third kappa shape index (κ3) is 1.86. The Morgan fingerprint density at radius 3 is 2.70 bits per heavy atom. The van der Waals surface area contributed by atoms with Gasteiger partial charge in [0.1, 0.15) is 0 Å². The summed E-state index contributed by atoms with van der Waals surface area (Å²) in [6.07, 6.45) is 8.55. The third-order valence-electron chi connectivity index (χ3n) is 6.59. The van der Waals surface area contributed by atoms with Crippen LogP contribution in [0.3, 0.4) is 0 Å². The lowest BCUT2D eigenvalue weighted by Crippen LogP contribution is -2.54. The topological polar surface area (TPSA) is 57.5 Å². The molecule has 5 atom stereocenters. The number of hydrogen-bond acceptors (Lipinski definition) is 2. The van der Waals surface area contributed by atoms with E-state index in [2.05, 4.69) is 13.0 Å². The Kier molecular flexibility index (Phi) is 3.24. The number of allylic oxidation sites excluding steroid dienone is 1. The molecule has 3 nitrogen and oxygen atoms in total. The first-order valence-electron chi connectivity index (χ1n) is 8.00. The first kappa shape index (κ1) is 14.1. The van der Waals surface area contributed by atoms with Gasteiger partial charge in [0.25, 0.3) is 0 Å². The van der Waals surface area contributed by atoms with Crippen molar-refractivity contribution in [2.75, 3.05) is 0 Å². The molecule has 2 fully saturated rings. The predicted molar refractivity (Wildman–Crippen MR) is 77.2 cm³/mol. The average Bonchev–Trinajstić information content (AvgIpc) is 2.37. The Morgan fingerprint density at radius 2 is 2.00 bits per heavy atom. The van der Waals surface area contributed by atoms with Gasteiger partial charge in [0.2, 0.25) is 0 Å². The Morgan fingerprint density at radius 1 is 1.25 bits per heavy atom. The average molecular weight is 278 g/mol. The number of aliphatic hydroxyl groups excluding tert-OH is 1. The predicted octanol–water partition coefficient (Wildman–Crippen LogP) is 3.37. The lowest BCUT2D eigenvalue weighted by molar-refractivity contribution is -0.164. The third-order valence-corrected chi connectivity index (χ3v) is 6.59. The van der Waals surface area contributed by atoms with Crippen LogP contribution >= 0.6 is 0 Å². The van der Waals surface area contributed by atoms with Gasteiger partial charge in [-0.3, -0.25) is 4.79 Å². The van der Waals surface area contributed by atoms with Crippen LogP contribution in [0.5, 0.6) is 0 Å². The molecule has 20 heavy (non-hydrogen) atoms. The molecule has 0 aliphatic heterocycles. The van der Waals surface area contributed by atoms with Gasteiger partial charge in [0.15, 0.2) is 0 Å². The van der Waals surface area contributed by atoms with Crippen molar-refractivity contribution in [3.63, 3.8) is 0 Å². The fourth-order valence-corrected chi connectivity index (χ4v) is 5.53. The lowest BCUT2D eigenvalue weighted by Gasteiger charge is -2.58. The summed E-state index contributed by atoms with van der Waals surface area (Å²) in [5, 5.41) is 19.6. The Labute approximate surface area is 121 Å². The van der Waals surface area contributed by atoms with E-state index in [1.165, 1.54) is 5.57 Å². The van der Waals surface area contributed by atoms with Crippen LogP contribution in [0.2, 0.25) is 0 Å². The number of carboxylic acids is 1. The van der Waals surface area contributed by atoms with Crippen LogP contribution in [0.15, 0.2) is 11.6 Å². The van der Waals surface area contributed by atoms with Gasteiger partial charge in [-0.1, -0.05) is 25.0 Å². The molecule has 0 aromatic heterocycles. The molecule has 0 spiro atoms. The molecule has 3 aliphatic carbocycles. The Balaban J connectivity index is 1.99. The van der Waals surface area contributed by atoms with Gasteiger partial charge in [-0.25, -0.2) is 0 Å². The number of aliphatic hydroxyl groups is 1. The largest absolute Gasteiger partial charge is 0.481 e. The van der Waals surface area contributed by atoms with Gasteiger partial charge in [0.05, 0.1) is 11.5 Å². The summed E-state index contributed by atoms with van der Waals surface area (Å²) in [5.41, 5.74) is 0.946. The molecule has 0 saturated heterocycles. The highest BCUT2D eigenvalue weighted by Crippen LogP contribution is 2.62. The summed E-state index contributed by atoms with van der Waals surface area (Å²) < 4.78 is 0. The molecule has 2 saturated carbocycles. The lowest BCUT2D eigenvalue weighted by atomic mass is 9.46. The Hall–Kier alpha value is -0.830. The van der Waals surface area contributed by atoms with Gasteiger partial charge in [-0.15, -0.1) is 0 Å². The number of carbonyl (C=O) groups is 1. The summed E-state index contributed by atoms with van der Waals surface area (Å²) in [7, 11) is 0. The molecule has 0 heterocycles. The molecule has 3 heteroatoms. The monoisotopic (exact) mass is 278 g/mol. The molecule has 0 aromatic carbocycles. The molecule has 0 radical (unpaired) electrons. The summed E-state index contributed by atoms with van der Waals surface area (Å²) in [6.45, 7) is 4.27. The first-order chi connectivity index (χ1) is 9.38. The van der Waals surface area contributed by atoms with E-state index < -0.39 is 11.4 Å². The fraction of sp³-hybridized carbons (Fsp3) is 0.824. The van der Waals surface area contributed by atoms with E-state index in [9.17, 15) is 15.0 Å². The van der Waals surface area contributed by atoms with Crippen molar-refractivity contribution in [3.05, 3.63) is 11.6 Å². The van der Waals surface area contributed by atoms with Crippen LogP contribution in [0.25, 0.3) is 0 Å². The number of hydrogen-bond donors (Lipinski definition) is 2. The van der Waals surface area contributed by atoms with Crippen molar-refractivity contribution >= 4 is 5.97 Å². The summed E-state index contributed by atoms with van der Waals surface area (Å²) >= 11 is 0. The number of rotatable bonds is 1. The number of fused-ring (bicyclic) bond motifs is 3. The highest BCUT2D eigenvalue weighted by Gasteiger charge is 2.57. The van der Waals surface area contributed by atoms with Crippen LogP contribution in [-0.2, 0) is 4.79 Å². The molecule has 0 bridgehead atoms. The van der Waals surface area contributed by atoms with Crippen molar-refractivity contribution < 1.29 is 15.0 Å². The quantitative estimate of drug-likeness (QED) is 0.723. The minimum Gasteiger partial charge on any atom is -0.481 e. The summed E-state index contributed by atoms with van der Waals surface area (Å²) in [4.78, 5) is 11.8.